The van der Waals surface area contributed by atoms with Crippen LogP contribution in [-0.2, 0) is 16.1 Å². The van der Waals surface area contributed by atoms with Gasteiger partial charge in [0.15, 0.2) is 0 Å². The largest absolute Gasteiger partial charge is 0.374 e. The predicted molar refractivity (Wildman–Crippen MR) is 234 cm³/mol. The van der Waals surface area contributed by atoms with E-state index in [1.807, 2.05) is 45.0 Å². The Labute approximate surface area is 361 Å². The van der Waals surface area contributed by atoms with Crippen molar-refractivity contribution in [1.29, 1.82) is 0 Å². The molecule has 4 fully saturated rings. The van der Waals surface area contributed by atoms with Gasteiger partial charge in [0.05, 0.1) is 42.1 Å². The van der Waals surface area contributed by atoms with E-state index < -0.39 is 30.0 Å². The van der Waals surface area contributed by atoms with Crippen LogP contribution in [-0.4, -0.2) is 124 Å². The summed E-state index contributed by atoms with van der Waals surface area (Å²) >= 11 is 0. The summed E-state index contributed by atoms with van der Waals surface area (Å²) in [5, 5.41) is 18.6. The van der Waals surface area contributed by atoms with E-state index in [1.54, 1.807) is 23.2 Å². The molecule has 6 heterocycles. The van der Waals surface area contributed by atoms with Gasteiger partial charge in [-0.2, -0.15) is 0 Å². The first-order chi connectivity index (χ1) is 29.9. The standard InChI is InChI=1S/C47H55N9O6/c1-28(2)62-37-26-55(27-37)47(61)49-22-34-5-4-33(20-29(34)3)40-14-17-48-46(51-40)50-35-8-6-31(7-9-35)32-15-18-53(19-16-32)23-30-24-54(25-30)36-10-11-38-39(21-36)45(60)56(44(38)59)41-12-13-42(57)52-43(41)58/h4-11,14,17,20-21,28,30,32,37,41-42,57H,12-13,15-16,18-19,22-27H2,1-3H3,(H,49,61)(H,52,58)(H,48,50,51). The number of aliphatic hydroxyl groups excluding tert-OH is 1. The van der Waals surface area contributed by atoms with Crippen LogP contribution in [0.2, 0.25) is 0 Å². The normalized spacial score (nSPS) is 21.2. The zero-order chi connectivity index (χ0) is 43.1. The molecule has 3 aromatic carbocycles. The van der Waals surface area contributed by atoms with E-state index in [0.29, 0.717) is 55.0 Å². The van der Waals surface area contributed by atoms with Gasteiger partial charge in [-0.25, -0.2) is 14.8 Å². The number of aliphatic hydroxyl groups is 1. The van der Waals surface area contributed by atoms with E-state index in [0.717, 1.165) is 84.2 Å². The molecule has 4 saturated heterocycles. The van der Waals surface area contributed by atoms with Gasteiger partial charge in [-0.15, -0.1) is 0 Å². The molecule has 9 rings (SSSR count). The molecule has 4 N–H and O–H groups in total. The van der Waals surface area contributed by atoms with Crippen LogP contribution in [0.25, 0.3) is 11.3 Å². The Balaban J connectivity index is 0.715. The minimum absolute atomic E-state index is 0.0705. The molecular formula is C47H55N9O6. The number of fused-ring (bicyclic) bond motifs is 1. The van der Waals surface area contributed by atoms with Crippen LogP contribution in [0.15, 0.2) is 72.9 Å². The lowest BCUT2D eigenvalue weighted by Gasteiger charge is -2.44. The SMILES string of the molecule is Cc1cc(-c2ccnc(Nc3ccc(C4CCN(CC5CN(c6ccc7c(c6)C(=O)N(C6CCC(O)NC6=O)C7=O)C5)CC4)cc3)n2)ccc1CNC(=O)N1CC(OC(C)C)C1. The lowest BCUT2D eigenvalue weighted by atomic mass is 9.88. The molecule has 62 heavy (non-hydrogen) atoms. The summed E-state index contributed by atoms with van der Waals surface area (Å²) < 4.78 is 5.76. The zero-order valence-electron chi connectivity index (χ0n) is 35.5. The molecule has 5 aliphatic heterocycles. The third kappa shape index (κ3) is 8.74. The number of rotatable bonds is 12. The van der Waals surface area contributed by atoms with Crippen LogP contribution in [0.3, 0.4) is 0 Å². The van der Waals surface area contributed by atoms with Crippen LogP contribution in [0.1, 0.15) is 82.9 Å². The van der Waals surface area contributed by atoms with Crippen LogP contribution < -0.4 is 20.9 Å². The number of ether oxygens (including phenoxy) is 1. The topological polar surface area (TPSA) is 173 Å². The molecule has 0 saturated carbocycles. The summed E-state index contributed by atoms with van der Waals surface area (Å²) in [6, 6.07) is 21.1. The van der Waals surface area contributed by atoms with Crippen LogP contribution in [0.5, 0.6) is 0 Å². The number of nitrogens with zero attached hydrogens (tertiary/aromatic N) is 6. The van der Waals surface area contributed by atoms with E-state index in [9.17, 15) is 24.3 Å². The first-order valence-electron chi connectivity index (χ1n) is 21.9. The van der Waals surface area contributed by atoms with E-state index in [1.165, 1.54) is 5.56 Å². The molecule has 0 bridgehead atoms. The molecule has 0 spiro atoms. The highest BCUT2D eigenvalue weighted by atomic mass is 16.5. The molecule has 1 aromatic heterocycles. The fourth-order valence-electron chi connectivity index (χ4n) is 9.42. The van der Waals surface area contributed by atoms with Gasteiger partial charge in [-0.3, -0.25) is 19.3 Å². The zero-order valence-corrected chi connectivity index (χ0v) is 35.5. The Hall–Kier alpha value is -5.90. The molecule has 15 nitrogen and oxygen atoms in total. The second kappa shape index (κ2) is 17.5. The van der Waals surface area contributed by atoms with Gasteiger partial charge in [0, 0.05) is 55.2 Å². The Morgan fingerprint density at radius 2 is 1.66 bits per heavy atom. The van der Waals surface area contributed by atoms with Crippen molar-refractivity contribution in [2.24, 2.45) is 5.92 Å². The number of imide groups is 1. The van der Waals surface area contributed by atoms with Crippen LogP contribution in [0.4, 0.5) is 22.1 Å². The van der Waals surface area contributed by atoms with Gasteiger partial charge in [-0.1, -0.05) is 24.3 Å². The van der Waals surface area contributed by atoms with Gasteiger partial charge in [0.25, 0.3) is 11.8 Å². The molecular weight excluding hydrogens is 787 g/mol. The average Bonchev–Trinajstić information content (AvgIpc) is 3.48. The number of amides is 5. The lowest BCUT2D eigenvalue weighted by Crippen LogP contribution is -2.58. The quantitative estimate of drug-likeness (QED) is 0.141. The highest BCUT2D eigenvalue weighted by molar-refractivity contribution is 6.23. The van der Waals surface area contributed by atoms with Gasteiger partial charge >= 0.3 is 6.03 Å². The number of nitrogens with one attached hydrogen (secondary N) is 3. The van der Waals surface area contributed by atoms with Gasteiger partial charge < -0.3 is 40.5 Å². The van der Waals surface area contributed by atoms with Gasteiger partial charge in [0.2, 0.25) is 11.9 Å². The molecule has 0 aliphatic carbocycles. The second-order valence-electron chi connectivity index (χ2n) is 17.7. The molecule has 2 atom stereocenters. The molecule has 5 amide bonds. The summed E-state index contributed by atoms with van der Waals surface area (Å²) in [6.45, 7) is 12.7. The highest BCUT2D eigenvalue weighted by Gasteiger charge is 2.45. The summed E-state index contributed by atoms with van der Waals surface area (Å²) in [6.07, 6.45) is 3.82. The number of benzene rings is 3. The summed E-state index contributed by atoms with van der Waals surface area (Å²) in [5.74, 6) is 0.149. The maximum Gasteiger partial charge on any atom is 0.317 e. The minimum Gasteiger partial charge on any atom is -0.374 e. The third-order valence-electron chi connectivity index (χ3n) is 12.9. The van der Waals surface area contributed by atoms with Crippen LogP contribution in [0, 0.1) is 12.8 Å². The fraction of sp³-hybridized carbons (Fsp3) is 0.447. The molecule has 4 aromatic rings. The number of hydrogen-bond donors (Lipinski definition) is 4. The van der Waals surface area contributed by atoms with Gasteiger partial charge in [-0.05, 0) is 125 Å². The molecule has 15 heteroatoms. The van der Waals surface area contributed by atoms with Crippen molar-refractivity contribution in [1.82, 2.24) is 35.3 Å². The fourth-order valence-corrected chi connectivity index (χ4v) is 9.42. The number of hydrogen-bond acceptors (Lipinski definition) is 11. The first-order valence-corrected chi connectivity index (χ1v) is 21.9. The number of carbonyl (C=O) groups excluding carboxylic acids is 4. The van der Waals surface area contributed by atoms with E-state index in [-0.39, 0.29) is 24.7 Å². The van der Waals surface area contributed by atoms with E-state index in [2.05, 4.69) is 61.1 Å². The predicted octanol–water partition coefficient (Wildman–Crippen LogP) is 5.02. The molecule has 324 valence electrons. The lowest BCUT2D eigenvalue weighted by molar-refractivity contribution is -0.131. The number of aryl methyl sites for hydroxylation is 1. The van der Waals surface area contributed by atoms with Crippen molar-refractivity contribution < 1.29 is 29.0 Å². The number of urea groups is 1. The van der Waals surface area contributed by atoms with Gasteiger partial charge in [0.1, 0.15) is 12.3 Å². The third-order valence-corrected chi connectivity index (χ3v) is 12.9. The second-order valence-corrected chi connectivity index (χ2v) is 17.7. The van der Waals surface area contributed by atoms with Crippen molar-refractivity contribution >= 4 is 41.1 Å². The van der Waals surface area contributed by atoms with Crippen molar-refractivity contribution in [3.05, 3.63) is 101 Å². The molecule has 0 radical (unpaired) electrons. The number of anilines is 3. The van der Waals surface area contributed by atoms with Crippen molar-refractivity contribution in [3.63, 3.8) is 0 Å². The number of aromatic nitrogens is 2. The van der Waals surface area contributed by atoms with E-state index in [4.69, 9.17) is 9.72 Å². The molecule has 5 aliphatic rings. The van der Waals surface area contributed by atoms with Crippen molar-refractivity contribution in [2.75, 3.05) is 56.0 Å². The maximum absolute atomic E-state index is 13.3. The van der Waals surface area contributed by atoms with Crippen LogP contribution >= 0.6 is 0 Å². The smallest absolute Gasteiger partial charge is 0.317 e. The van der Waals surface area contributed by atoms with Crippen molar-refractivity contribution in [2.45, 2.75) is 83.4 Å². The first kappa shape index (κ1) is 41.5. The Morgan fingerprint density at radius 3 is 2.39 bits per heavy atom. The monoisotopic (exact) mass is 841 g/mol. The Morgan fingerprint density at radius 1 is 0.903 bits per heavy atom. The maximum atomic E-state index is 13.3. The number of carbonyl (C=O) groups is 4. The highest BCUT2D eigenvalue weighted by Crippen LogP contribution is 2.35. The average molecular weight is 842 g/mol. The summed E-state index contributed by atoms with van der Waals surface area (Å²) in [7, 11) is 0. The summed E-state index contributed by atoms with van der Waals surface area (Å²) in [4.78, 5) is 68.5. The van der Waals surface area contributed by atoms with Crippen molar-refractivity contribution in [3.8, 4) is 11.3 Å². The van der Waals surface area contributed by atoms with E-state index >= 15 is 0 Å². The summed E-state index contributed by atoms with van der Waals surface area (Å²) in [5.41, 5.74) is 7.77. The Bertz CT molecular complexity index is 2340. The number of likely N-dealkylation sites (tertiary alicyclic amines) is 2. The molecule has 2 unspecified atom stereocenters. The number of piperidine rings is 2. The minimum atomic E-state index is -0.952. The Kier molecular flexibility index (Phi) is 11.7.